The first-order chi connectivity index (χ1) is 5.03. The Hall–Kier alpha value is -0.130. The summed E-state index contributed by atoms with van der Waals surface area (Å²) >= 11 is 0. The quantitative estimate of drug-likeness (QED) is 0.632. The van der Waals surface area contributed by atoms with Gasteiger partial charge in [0.2, 0.25) is 0 Å². The second-order valence-electron chi connectivity index (χ2n) is 2.86. The molecule has 0 amide bonds. The van der Waals surface area contributed by atoms with Crippen LogP contribution in [0.5, 0.6) is 0 Å². The molecule has 0 spiro atoms. The topological polar surface area (TPSA) is 63.6 Å². The molecule has 1 aliphatic rings. The minimum atomic E-state index is -3.87. The van der Waals surface area contributed by atoms with Crippen molar-refractivity contribution in [2.45, 2.75) is 18.9 Å². The molecule has 0 saturated heterocycles. The molecular formula is C6H12O4S. The van der Waals surface area contributed by atoms with E-state index in [0.29, 0.717) is 5.92 Å². The van der Waals surface area contributed by atoms with Gasteiger partial charge in [-0.3, -0.25) is 4.55 Å². The molecule has 0 aromatic heterocycles. The van der Waals surface area contributed by atoms with E-state index in [2.05, 4.69) is 0 Å². The van der Waals surface area contributed by atoms with Gasteiger partial charge in [0.25, 0.3) is 10.1 Å². The highest BCUT2D eigenvalue weighted by molar-refractivity contribution is 7.85. The lowest BCUT2D eigenvalue weighted by Crippen LogP contribution is -2.24. The molecule has 0 aliphatic heterocycles. The van der Waals surface area contributed by atoms with Crippen LogP contribution in [0.4, 0.5) is 0 Å². The van der Waals surface area contributed by atoms with E-state index in [1.54, 1.807) is 0 Å². The Labute approximate surface area is 66.3 Å². The van der Waals surface area contributed by atoms with Crippen molar-refractivity contribution in [1.29, 1.82) is 0 Å². The van der Waals surface area contributed by atoms with Crippen molar-refractivity contribution in [2.75, 3.05) is 12.9 Å². The molecule has 0 aromatic rings. The molecule has 4 nitrogen and oxygen atoms in total. The van der Waals surface area contributed by atoms with Crippen LogP contribution in [0.25, 0.3) is 0 Å². The summed E-state index contributed by atoms with van der Waals surface area (Å²) in [6.07, 6.45) is 1.70. The van der Waals surface area contributed by atoms with Crippen LogP contribution < -0.4 is 0 Å². The smallest absolute Gasteiger partial charge is 0.267 e. The predicted octanol–water partition coefficient (Wildman–Crippen LogP) is 0.299. The fourth-order valence-corrected chi connectivity index (χ4v) is 1.90. The van der Waals surface area contributed by atoms with Gasteiger partial charge in [-0.05, 0) is 18.8 Å². The predicted molar refractivity (Wildman–Crippen MR) is 39.9 cm³/mol. The molecule has 0 radical (unpaired) electrons. The summed E-state index contributed by atoms with van der Waals surface area (Å²) in [4.78, 5) is 0. The van der Waals surface area contributed by atoms with Gasteiger partial charge >= 0.3 is 0 Å². The second-order valence-corrected chi connectivity index (χ2v) is 4.36. The number of hydrogen-bond donors (Lipinski definition) is 1. The number of hydrogen-bond acceptors (Lipinski definition) is 3. The number of methoxy groups -OCH3 is 1. The zero-order valence-corrected chi connectivity index (χ0v) is 7.17. The molecule has 1 aliphatic carbocycles. The van der Waals surface area contributed by atoms with E-state index < -0.39 is 10.1 Å². The minimum absolute atomic E-state index is 0.270. The van der Waals surface area contributed by atoms with E-state index in [0.717, 1.165) is 12.8 Å². The Kier molecular flexibility index (Phi) is 2.51. The fourth-order valence-electron chi connectivity index (χ4n) is 1.07. The van der Waals surface area contributed by atoms with E-state index in [1.807, 2.05) is 0 Å². The normalized spacial score (nSPS) is 21.6. The Morgan fingerprint density at radius 3 is 2.45 bits per heavy atom. The van der Waals surface area contributed by atoms with Gasteiger partial charge in [0.05, 0.1) is 6.10 Å². The monoisotopic (exact) mass is 180 g/mol. The largest absolute Gasteiger partial charge is 0.380 e. The van der Waals surface area contributed by atoms with Crippen molar-refractivity contribution in [3.63, 3.8) is 0 Å². The van der Waals surface area contributed by atoms with Gasteiger partial charge < -0.3 is 4.74 Å². The van der Waals surface area contributed by atoms with Gasteiger partial charge in [0.1, 0.15) is 5.75 Å². The first-order valence-corrected chi connectivity index (χ1v) is 5.12. The second kappa shape index (κ2) is 3.08. The van der Waals surface area contributed by atoms with E-state index in [-0.39, 0.29) is 11.9 Å². The van der Waals surface area contributed by atoms with Crippen molar-refractivity contribution in [3.8, 4) is 0 Å². The van der Waals surface area contributed by atoms with Gasteiger partial charge in [-0.25, -0.2) is 0 Å². The average Bonchev–Trinajstić information content (AvgIpc) is 2.61. The molecule has 1 atom stereocenters. The van der Waals surface area contributed by atoms with Crippen LogP contribution in [0.1, 0.15) is 12.8 Å². The lowest BCUT2D eigenvalue weighted by atomic mass is 10.3. The molecule has 0 aromatic carbocycles. The molecule has 5 heteroatoms. The summed E-state index contributed by atoms with van der Waals surface area (Å²) in [5, 5.41) is 0. The third kappa shape index (κ3) is 3.18. The molecule has 0 heterocycles. The van der Waals surface area contributed by atoms with Crippen LogP contribution in [0.2, 0.25) is 0 Å². The van der Waals surface area contributed by atoms with Gasteiger partial charge in [0.15, 0.2) is 0 Å². The first kappa shape index (κ1) is 8.96. The van der Waals surface area contributed by atoms with E-state index in [4.69, 9.17) is 9.29 Å². The lowest BCUT2D eigenvalue weighted by molar-refractivity contribution is 0.101. The number of rotatable bonds is 4. The van der Waals surface area contributed by atoms with Crippen molar-refractivity contribution in [3.05, 3.63) is 0 Å². The summed E-state index contributed by atoms with van der Waals surface area (Å²) in [6, 6.07) is 0. The summed E-state index contributed by atoms with van der Waals surface area (Å²) in [5.74, 6) is 0.0654. The molecule has 11 heavy (non-hydrogen) atoms. The average molecular weight is 180 g/mol. The van der Waals surface area contributed by atoms with E-state index >= 15 is 0 Å². The maximum Gasteiger partial charge on any atom is 0.267 e. The first-order valence-electron chi connectivity index (χ1n) is 3.51. The van der Waals surface area contributed by atoms with Crippen LogP contribution in [0.3, 0.4) is 0 Å². The Balaban J connectivity index is 2.43. The lowest BCUT2D eigenvalue weighted by Gasteiger charge is -2.11. The van der Waals surface area contributed by atoms with Gasteiger partial charge in [-0.1, -0.05) is 0 Å². The van der Waals surface area contributed by atoms with E-state index in [9.17, 15) is 8.42 Å². The maximum absolute atomic E-state index is 10.4. The van der Waals surface area contributed by atoms with Crippen LogP contribution in [0, 0.1) is 5.92 Å². The summed E-state index contributed by atoms with van der Waals surface area (Å²) < 4.78 is 34.2. The zero-order valence-electron chi connectivity index (χ0n) is 6.36. The van der Waals surface area contributed by atoms with Crippen LogP contribution in [-0.4, -0.2) is 31.9 Å². The Bertz CT molecular complexity index is 217. The van der Waals surface area contributed by atoms with Crippen LogP contribution in [0.15, 0.2) is 0 Å². The minimum Gasteiger partial charge on any atom is -0.380 e. The Morgan fingerprint density at radius 2 is 2.18 bits per heavy atom. The molecule has 1 saturated carbocycles. The number of ether oxygens (including phenoxy) is 1. The highest BCUT2D eigenvalue weighted by Crippen LogP contribution is 2.34. The van der Waals surface area contributed by atoms with Gasteiger partial charge in [0, 0.05) is 7.11 Å². The summed E-state index contributed by atoms with van der Waals surface area (Å²) in [6.45, 7) is 0. The zero-order chi connectivity index (χ0) is 8.48. The molecular weight excluding hydrogens is 168 g/mol. The van der Waals surface area contributed by atoms with Crippen molar-refractivity contribution < 1.29 is 17.7 Å². The molecule has 1 rings (SSSR count). The van der Waals surface area contributed by atoms with E-state index in [1.165, 1.54) is 7.11 Å². The van der Waals surface area contributed by atoms with Crippen molar-refractivity contribution in [1.82, 2.24) is 0 Å². The molecule has 1 N–H and O–H groups in total. The van der Waals surface area contributed by atoms with Gasteiger partial charge in [-0.2, -0.15) is 8.42 Å². The molecule has 1 unspecified atom stereocenters. The molecule has 1 fully saturated rings. The Morgan fingerprint density at radius 1 is 1.64 bits per heavy atom. The summed E-state index contributed by atoms with van der Waals surface area (Å²) in [7, 11) is -2.40. The fraction of sp³-hybridized carbons (Fsp3) is 1.00. The van der Waals surface area contributed by atoms with Crippen molar-refractivity contribution in [2.24, 2.45) is 5.92 Å². The van der Waals surface area contributed by atoms with Crippen LogP contribution >= 0.6 is 0 Å². The highest BCUT2D eigenvalue weighted by atomic mass is 32.2. The third-order valence-corrected chi connectivity index (χ3v) is 2.58. The molecule has 0 bridgehead atoms. The van der Waals surface area contributed by atoms with Crippen LogP contribution in [-0.2, 0) is 14.9 Å². The van der Waals surface area contributed by atoms with Crippen molar-refractivity contribution >= 4 is 10.1 Å². The maximum atomic E-state index is 10.4. The summed E-state index contributed by atoms with van der Waals surface area (Å²) in [5.41, 5.74) is 0. The van der Waals surface area contributed by atoms with Gasteiger partial charge in [-0.15, -0.1) is 0 Å². The SMILES string of the molecule is COC(CS(=O)(=O)O)C1CC1. The highest BCUT2D eigenvalue weighted by Gasteiger charge is 2.33. The third-order valence-electron chi connectivity index (χ3n) is 1.83. The standard InChI is InChI=1S/C6H12O4S/c1-10-6(5-2-3-5)4-11(7,8)9/h5-6H,2-4H2,1H3,(H,7,8,9). The molecule has 66 valence electrons.